The summed E-state index contributed by atoms with van der Waals surface area (Å²) < 4.78 is 6.51. The third kappa shape index (κ3) is 5.52. The van der Waals surface area contributed by atoms with Crippen LogP contribution in [0.25, 0.3) is 0 Å². The van der Waals surface area contributed by atoms with Crippen molar-refractivity contribution in [3.63, 3.8) is 0 Å². The Labute approximate surface area is 146 Å². The lowest BCUT2D eigenvalue weighted by Gasteiger charge is -2.35. The quantitative estimate of drug-likeness (QED) is 0.726. The molecule has 1 aliphatic rings. The second-order valence-corrected chi connectivity index (χ2v) is 7.40. The average Bonchev–Trinajstić information content (AvgIpc) is 2.51. The van der Waals surface area contributed by atoms with E-state index in [2.05, 4.69) is 46.7 Å². The van der Waals surface area contributed by atoms with Crippen LogP contribution in [0.2, 0.25) is 0 Å². The first kappa shape index (κ1) is 17.7. The maximum absolute atomic E-state index is 12.3. The van der Waals surface area contributed by atoms with Gasteiger partial charge in [0.25, 0.3) is 5.91 Å². The van der Waals surface area contributed by atoms with Crippen molar-refractivity contribution in [1.29, 1.82) is 0 Å². The summed E-state index contributed by atoms with van der Waals surface area (Å²) in [6.07, 6.45) is 1.09. The van der Waals surface area contributed by atoms with Crippen LogP contribution < -0.4 is 5.32 Å². The molecule has 0 bridgehead atoms. The van der Waals surface area contributed by atoms with Gasteiger partial charge in [-0.25, -0.2) is 0 Å². The van der Waals surface area contributed by atoms with E-state index in [1.54, 1.807) is 0 Å². The number of halogens is 1. The van der Waals surface area contributed by atoms with Crippen LogP contribution in [0.3, 0.4) is 0 Å². The average molecular weight is 416 g/mol. The Bertz CT molecular complexity index is 487. The molecular formula is C17H25IN2O2. The minimum Gasteiger partial charge on any atom is -0.379 e. The van der Waals surface area contributed by atoms with Gasteiger partial charge in [0.15, 0.2) is 0 Å². The van der Waals surface area contributed by atoms with Gasteiger partial charge in [-0.15, -0.1) is 0 Å². The molecule has 1 atom stereocenters. The van der Waals surface area contributed by atoms with Gasteiger partial charge in [0.1, 0.15) is 0 Å². The standard InChI is InChI=1S/C17H25IN2O2/c1-13(2)10-16(20-6-8-22-9-7-20)12-19-17(21)14-4-3-5-15(18)11-14/h3-5,11,13,16H,6-10,12H2,1-2H3,(H,19,21). The highest BCUT2D eigenvalue weighted by Crippen LogP contribution is 2.13. The Morgan fingerprint density at radius 1 is 1.36 bits per heavy atom. The molecule has 1 aromatic rings. The number of amides is 1. The van der Waals surface area contributed by atoms with Gasteiger partial charge in [0, 0.05) is 34.8 Å². The molecule has 22 heavy (non-hydrogen) atoms. The first-order valence-corrected chi connectivity index (χ1v) is 8.99. The summed E-state index contributed by atoms with van der Waals surface area (Å²) in [5.74, 6) is 0.628. The summed E-state index contributed by atoms with van der Waals surface area (Å²) in [5, 5.41) is 3.10. The van der Waals surface area contributed by atoms with Gasteiger partial charge in [0.05, 0.1) is 13.2 Å². The van der Waals surface area contributed by atoms with Crippen LogP contribution in [0.5, 0.6) is 0 Å². The van der Waals surface area contributed by atoms with Crippen molar-refractivity contribution in [2.45, 2.75) is 26.3 Å². The van der Waals surface area contributed by atoms with Crippen molar-refractivity contribution in [2.24, 2.45) is 5.92 Å². The molecule has 1 amide bonds. The Morgan fingerprint density at radius 3 is 2.73 bits per heavy atom. The predicted molar refractivity (Wildman–Crippen MR) is 97.1 cm³/mol. The fraction of sp³-hybridized carbons (Fsp3) is 0.588. The van der Waals surface area contributed by atoms with Crippen molar-refractivity contribution in [3.05, 3.63) is 33.4 Å². The van der Waals surface area contributed by atoms with Crippen molar-refractivity contribution < 1.29 is 9.53 Å². The number of nitrogens with one attached hydrogen (secondary N) is 1. The number of morpholine rings is 1. The highest BCUT2D eigenvalue weighted by Gasteiger charge is 2.22. The van der Waals surface area contributed by atoms with E-state index < -0.39 is 0 Å². The molecule has 1 saturated heterocycles. The molecule has 1 fully saturated rings. The van der Waals surface area contributed by atoms with Crippen LogP contribution in [0.4, 0.5) is 0 Å². The molecule has 5 heteroatoms. The third-order valence-corrected chi connectivity index (χ3v) is 4.56. The first-order chi connectivity index (χ1) is 10.6. The van der Waals surface area contributed by atoms with Gasteiger partial charge in [0.2, 0.25) is 0 Å². The molecule has 1 aliphatic heterocycles. The predicted octanol–water partition coefficient (Wildman–Crippen LogP) is 2.77. The van der Waals surface area contributed by atoms with Crippen LogP contribution in [-0.2, 0) is 4.74 Å². The Balaban J connectivity index is 1.93. The zero-order valence-corrected chi connectivity index (χ0v) is 15.5. The van der Waals surface area contributed by atoms with E-state index in [1.165, 1.54) is 0 Å². The maximum atomic E-state index is 12.3. The van der Waals surface area contributed by atoms with E-state index in [0.717, 1.165) is 41.9 Å². The van der Waals surface area contributed by atoms with Crippen LogP contribution in [0.1, 0.15) is 30.6 Å². The summed E-state index contributed by atoms with van der Waals surface area (Å²) in [6, 6.07) is 8.08. The molecule has 0 aromatic heterocycles. The Hall–Kier alpha value is -0.660. The smallest absolute Gasteiger partial charge is 0.251 e. The number of carbonyl (C=O) groups is 1. The normalized spacial score (nSPS) is 17.5. The molecule has 0 saturated carbocycles. The number of hydrogen-bond donors (Lipinski definition) is 1. The summed E-state index contributed by atoms with van der Waals surface area (Å²) >= 11 is 2.23. The molecule has 1 aromatic carbocycles. The van der Waals surface area contributed by atoms with Crippen LogP contribution in [0, 0.1) is 9.49 Å². The number of hydrogen-bond acceptors (Lipinski definition) is 3. The van der Waals surface area contributed by atoms with Crippen molar-refractivity contribution >= 4 is 28.5 Å². The van der Waals surface area contributed by atoms with Gasteiger partial charge >= 0.3 is 0 Å². The van der Waals surface area contributed by atoms with Gasteiger partial charge in [-0.2, -0.15) is 0 Å². The zero-order valence-electron chi connectivity index (χ0n) is 13.3. The van der Waals surface area contributed by atoms with Gasteiger partial charge in [-0.3, -0.25) is 9.69 Å². The van der Waals surface area contributed by atoms with Crippen LogP contribution in [-0.4, -0.2) is 49.7 Å². The van der Waals surface area contributed by atoms with E-state index in [0.29, 0.717) is 18.5 Å². The highest BCUT2D eigenvalue weighted by atomic mass is 127. The highest BCUT2D eigenvalue weighted by molar-refractivity contribution is 14.1. The first-order valence-electron chi connectivity index (χ1n) is 7.92. The molecule has 0 spiro atoms. The molecular weight excluding hydrogens is 391 g/mol. The minimum atomic E-state index is 0.0144. The number of carbonyl (C=O) groups excluding carboxylic acids is 1. The van der Waals surface area contributed by atoms with E-state index in [1.807, 2.05) is 24.3 Å². The second-order valence-electron chi connectivity index (χ2n) is 6.15. The summed E-state index contributed by atoms with van der Waals surface area (Å²) in [5.41, 5.74) is 0.733. The van der Waals surface area contributed by atoms with Crippen molar-refractivity contribution in [2.75, 3.05) is 32.8 Å². The van der Waals surface area contributed by atoms with Crippen LogP contribution in [0.15, 0.2) is 24.3 Å². The topological polar surface area (TPSA) is 41.6 Å². The number of nitrogens with zero attached hydrogens (tertiary/aromatic N) is 1. The summed E-state index contributed by atoms with van der Waals surface area (Å²) in [4.78, 5) is 14.8. The fourth-order valence-corrected chi connectivity index (χ4v) is 3.33. The Morgan fingerprint density at radius 2 is 2.09 bits per heavy atom. The number of benzene rings is 1. The zero-order chi connectivity index (χ0) is 15.9. The van der Waals surface area contributed by atoms with Crippen molar-refractivity contribution in [3.8, 4) is 0 Å². The van der Waals surface area contributed by atoms with Gasteiger partial charge < -0.3 is 10.1 Å². The lowest BCUT2D eigenvalue weighted by molar-refractivity contribution is 0.0124. The molecule has 0 radical (unpaired) electrons. The lowest BCUT2D eigenvalue weighted by Crippen LogP contribution is -2.49. The minimum absolute atomic E-state index is 0.0144. The maximum Gasteiger partial charge on any atom is 0.251 e. The van der Waals surface area contributed by atoms with E-state index in [4.69, 9.17) is 4.74 Å². The van der Waals surface area contributed by atoms with E-state index in [-0.39, 0.29) is 5.91 Å². The van der Waals surface area contributed by atoms with Gasteiger partial charge in [-0.1, -0.05) is 19.9 Å². The molecule has 4 nitrogen and oxygen atoms in total. The molecule has 1 N–H and O–H groups in total. The summed E-state index contributed by atoms with van der Waals surface area (Å²) in [7, 11) is 0. The molecule has 1 unspecified atom stereocenters. The second kappa shape index (κ2) is 8.84. The number of ether oxygens (including phenoxy) is 1. The van der Waals surface area contributed by atoms with E-state index in [9.17, 15) is 4.79 Å². The fourth-order valence-electron chi connectivity index (χ4n) is 2.79. The van der Waals surface area contributed by atoms with Crippen molar-refractivity contribution in [1.82, 2.24) is 10.2 Å². The van der Waals surface area contributed by atoms with Crippen LogP contribution >= 0.6 is 22.6 Å². The SMILES string of the molecule is CC(C)CC(CNC(=O)c1cccc(I)c1)N1CCOCC1. The third-order valence-electron chi connectivity index (χ3n) is 3.89. The van der Waals surface area contributed by atoms with E-state index >= 15 is 0 Å². The van der Waals surface area contributed by atoms with Gasteiger partial charge in [-0.05, 0) is 53.1 Å². The monoisotopic (exact) mass is 416 g/mol. The number of rotatable bonds is 6. The molecule has 122 valence electrons. The molecule has 1 heterocycles. The summed E-state index contributed by atoms with van der Waals surface area (Å²) in [6.45, 7) is 8.65. The largest absolute Gasteiger partial charge is 0.379 e. The molecule has 2 rings (SSSR count). The molecule has 0 aliphatic carbocycles. The lowest BCUT2D eigenvalue weighted by atomic mass is 10.0. The Kier molecular flexibility index (Phi) is 7.11.